The largest absolute Gasteiger partial charge is 0.507 e. The number of aryl methyl sites for hydroxylation is 2. The molecule has 0 bridgehead atoms. The molecule has 5 rings (SSSR count). The molecule has 3 heterocycles. The molecule has 0 aliphatic carbocycles. The van der Waals surface area contributed by atoms with Crippen LogP contribution in [0.5, 0.6) is 0 Å². The molecule has 7 nitrogen and oxygen atoms in total. The maximum absolute atomic E-state index is 13.1. The van der Waals surface area contributed by atoms with Crippen molar-refractivity contribution in [3.63, 3.8) is 0 Å². The van der Waals surface area contributed by atoms with Crippen LogP contribution in [0.1, 0.15) is 28.5 Å². The zero-order valence-electron chi connectivity index (χ0n) is 17.2. The number of anilines is 1. The van der Waals surface area contributed by atoms with Crippen LogP contribution in [0.4, 0.5) is 5.95 Å². The number of aromatic amines is 1. The third-order valence-electron chi connectivity index (χ3n) is 5.54. The van der Waals surface area contributed by atoms with Gasteiger partial charge in [-0.2, -0.15) is 0 Å². The van der Waals surface area contributed by atoms with E-state index in [1.165, 1.54) is 11.2 Å². The zero-order chi connectivity index (χ0) is 22.6. The van der Waals surface area contributed by atoms with Crippen molar-refractivity contribution in [2.75, 3.05) is 4.90 Å². The monoisotopic (exact) mass is 491 g/mol. The first-order chi connectivity index (χ1) is 15.3. The second-order valence-corrected chi connectivity index (χ2v) is 8.58. The van der Waals surface area contributed by atoms with Crippen LogP contribution in [0.2, 0.25) is 0 Å². The highest BCUT2D eigenvalue weighted by molar-refractivity contribution is 9.10. The van der Waals surface area contributed by atoms with Crippen LogP contribution in [-0.2, 0) is 9.59 Å². The molecular weight excluding hydrogens is 474 g/mol. The molecule has 1 amide bonds. The number of fused-ring (bicyclic) bond motifs is 1. The second kappa shape index (κ2) is 7.49. The highest BCUT2D eigenvalue weighted by atomic mass is 79.9. The molecule has 4 aromatic rings. The predicted molar refractivity (Wildman–Crippen MR) is 123 cm³/mol. The van der Waals surface area contributed by atoms with Crippen LogP contribution in [0.3, 0.4) is 0 Å². The molecule has 1 saturated heterocycles. The molecule has 8 heteroatoms. The van der Waals surface area contributed by atoms with Crippen molar-refractivity contribution in [2.24, 2.45) is 0 Å². The number of carbonyl (C=O) groups is 2. The van der Waals surface area contributed by atoms with Gasteiger partial charge in [-0.05, 0) is 61.4 Å². The van der Waals surface area contributed by atoms with Crippen molar-refractivity contribution in [3.05, 3.63) is 87.3 Å². The first kappa shape index (κ1) is 20.3. The van der Waals surface area contributed by atoms with Crippen LogP contribution in [0.15, 0.2) is 69.3 Å². The average Bonchev–Trinajstić information content (AvgIpc) is 3.48. The molecule has 1 fully saturated rings. The predicted octanol–water partition coefficient (Wildman–Crippen LogP) is 5.16. The van der Waals surface area contributed by atoms with Crippen molar-refractivity contribution in [1.29, 1.82) is 0 Å². The number of nitrogens with zero attached hydrogens (tertiary/aromatic N) is 2. The number of Topliss-reactive ketones (excluding diaryl/α,β-unsaturated/α-hetero) is 1. The minimum absolute atomic E-state index is 0.0525. The van der Waals surface area contributed by atoms with Gasteiger partial charge in [0.1, 0.15) is 17.6 Å². The summed E-state index contributed by atoms with van der Waals surface area (Å²) in [5.74, 6) is -1.31. The lowest BCUT2D eigenvalue weighted by Crippen LogP contribution is -2.30. The van der Waals surface area contributed by atoms with E-state index in [0.717, 1.165) is 21.1 Å². The van der Waals surface area contributed by atoms with E-state index in [4.69, 9.17) is 4.42 Å². The number of hydrogen-bond acceptors (Lipinski definition) is 5. The van der Waals surface area contributed by atoms with E-state index in [-0.39, 0.29) is 17.3 Å². The molecule has 0 spiro atoms. The van der Waals surface area contributed by atoms with Crippen molar-refractivity contribution in [3.8, 4) is 0 Å². The van der Waals surface area contributed by atoms with Gasteiger partial charge in [0, 0.05) is 10.0 Å². The highest BCUT2D eigenvalue weighted by Gasteiger charge is 2.49. The smallest absolute Gasteiger partial charge is 0.302 e. The minimum Gasteiger partial charge on any atom is -0.507 e. The van der Waals surface area contributed by atoms with Crippen LogP contribution >= 0.6 is 15.9 Å². The molecule has 1 unspecified atom stereocenters. The SMILES string of the molecule is Cc1ccc2nc(N3C(=O)C(=O)/C(=C(/O)c4ccc(Br)c(C)c4)C3c3ccco3)[nH]c2c1. The van der Waals surface area contributed by atoms with Gasteiger partial charge in [-0.1, -0.05) is 28.1 Å². The van der Waals surface area contributed by atoms with E-state index in [0.29, 0.717) is 16.8 Å². The number of imidazole rings is 1. The third-order valence-corrected chi connectivity index (χ3v) is 6.43. The summed E-state index contributed by atoms with van der Waals surface area (Å²) in [4.78, 5) is 35.2. The van der Waals surface area contributed by atoms with E-state index in [2.05, 4.69) is 25.9 Å². The van der Waals surface area contributed by atoms with Gasteiger partial charge in [-0.25, -0.2) is 4.98 Å². The van der Waals surface area contributed by atoms with Crippen LogP contribution < -0.4 is 4.90 Å². The Morgan fingerprint density at radius 3 is 2.69 bits per heavy atom. The molecule has 0 radical (unpaired) electrons. The number of furan rings is 1. The number of benzene rings is 2. The summed E-state index contributed by atoms with van der Waals surface area (Å²) >= 11 is 3.43. The minimum atomic E-state index is -0.962. The lowest BCUT2D eigenvalue weighted by atomic mass is 9.98. The maximum Gasteiger partial charge on any atom is 0.302 e. The van der Waals surface area contributed by atoms with E-state index in [9.17, 15) is 14.7 Å². The maximum atomic E-state index is 13.1. The molecular formula is C24H18BrN3O4. The second-order valence-electron chi connectivity index (χ2n) is 7.73. The molecule has 1 aliphatic heterocycles. The standard InChI is InChI=1S/C24H18BrN3O4/c1-12-5-8-16-17(10-12)27-24(26-16)28-20(18-4-3-9-32-18)19(22(30)23(28)31)21(29)14-6-7-15(25)13(2)11-14/h3-11,20,29H,1-2H3,(H,26,27)/b21-19+. The van der Waals surface area contributed by atoms with Gasteiger partial charge >= 0.3 is 5.91 Å². The third kappa shape index (κ3) is 3.15. The molecule has 0 saturated carbocycles. The molecule has 2 N–H and O–H groups in total. The Kier molecular flexibility index (Phi) is 4.74. The highest BCUT2D eigenvalue weighted by Crippen LogP contribution is 2.42. The number of hydrogen-bond donors (Lipinski definition) is 2. The average molecular weight is 492 g/mol. The quantitative estimate of drug-likeness (QED) is 0.234. The Bertz CT molecular complexity index is 1420. The summed E-state index contributed by atoms with van der Waals surface area (Å²) < 4.78 is 6.45. The lowest BCUT2D eigenvalue weighted by molar-refractivity contribution is -0.132. The van der Waals surface area contributed by atoms with Crippen LogP contribution in [-0.4, -0.2) is 26.8 Å². The Hall–Kier alpha value is -3.65. The fourth-order valence-corrected chi connectivity index (χ4v) is 4.19. The van der Waals surface area contributed by atoms with E-state index < -0.39 is 17.7 Å². The van der Waals surface area contributed by atoms with Crippen LogP contribution in [0.25, 0.3) is 16.8 Å². The Labute approximate surface area is 191 Å². The number of rotatable bonds is 3. The molecule has 160 valence electrons. The van der Waals surface area contributed by atoms with Gasteiger partial charge in [-0.15, -0.1) is 0 Å². The van der Waals surface area contributed by atoms with Crippen LogP contribution in [0, 0.1) is 13.8 Å². The normalized spacial score (nSPS) is 18.1. The first-order valence-electron chi connectivity index (χ1n) is 9.92. The molecule has 1 aliphatic rings. The zero-order valence-corrected chi connectivity index (χ0v) is 18.8. The van der Waals surface area contributed by atoms with Crippen molar-refractivity contribution >= 4 is 50.4 Å². The summed E-state index contributed by atoms with van der Waals surface area (Å²) in [5, 5.41) is 11.1. The van der Waals surface area contributed by atoms with Gasteiger partial charge in [0.2, 0.25) is 5.95 Å². The van der Waals surface area contributed by atoms with Crippen molar-refractivity contribution < 1.29 is 19.1 Å². The van der Waals surface area contributed by atoms with Gasteiger partial charge in [0.05, 0.1) is 22.9 Å². The summed E-state index contributed by atoms with van der Waals surface area (Å²) in [7, 11) is 0. The van der Waals surface area contributed by atoms with E-state index in [1.54, 1.807) is 30.3 Å². The number of aromatic nitrogens is 2. The topological polar surface area (TPSA) is 99.4 Å². The molecule has 32 heavy (non-hydrogen) atoms. The Balaban J connectivity index is 1.71. The Morgan fingerprint density at radius 2 is 1.97 bits per heavy atom. The van der Waals surface area contributed by atoms with Gasteiger partial charge in [-0.3, -0.25) is 14.5 Å². The summed E-state index contributed by atoms with van der Waals surface area (Å²) in [5.41, 5.74) is 3.69. The number of H-pyrrole nitrogens is 1. The Morgan fingerprint density at radius 1 is 1.16 bits per heavy atom. The number of aliphatic hydroxyl groups excluding tert-OH is 1. The van der Waals surface area contributed by atoms with Crippen molar-refractivity contribution in [2.45, 2.75) is 19.9 Å². The number of halogens is 1. The fourth-order valence-electron chi connectivity index (χ4n) is 3.94. The van der Waals surface area contributed by atoms with E-state index >= 15 is 0 Å². The fraction of sp³-hybridized carbons (Fsp3) is 0.125. The van der Waals surface area contributed by atoms with Crippen molar-refractivity contribution in [1.82, 2.24) is 9.97 Å². The number of carbonyl (C=O) groups excluding carboxylic acids is 2. The van der Waals surface area contributed by atoms with Gasteiger partial charge in [0.25, 0.3) is 5.78 Å². The summed E-state index contributed by atoms with van der Waals surface area (Å²) in [6.45, 7) is 3.83. The van der Waals surface area contributed by atoms with E-state index in [1.807, 2.05) is 32.0 Å². The number of amides is 1. The first-order valence-corrected chi connectivity index (χ1v) is 10.7. The van der Waals surface area contributed by atoms with Gasteiger partial charge in [0.15, 0.2) is 0 Å². The number of ketones is 1. The lowest BCUT2D eigenvalue weighted by Gasteiger charge is -2.20. The van der Waals surface area contributed by atoms with Gasteiger partial charge < -0.3 is 14.5 Å². The molecule has 2 aromatic heterocycles. The molecule has 2 aromatic carbocycles. The summed E-state index contributed by atoms with van der Waals surface area (Å²) in [6, 6.07) is 13.3. The number of nitrogens with one attached hydrogen (secondary N) is 1. The summed E-state index contributed by atoms with van der Waals surface area (Å²) in [6.07, 6.45) is 1.46. The number of aliphatic hydroxyl groups is 1. The molecule has 1 atom stereocenters.